The van der Waals surface area contributed by atoms with Gasteiger partial charge in [-0.25, -0.2) is 0 Å². The molecule has 3 aromatic rings. The molecule has 0 bridgehead atoms. The predicted molar refractivity (Wildman–Crippen MR) is 121 cm³/mol. The van der Waals surface area contributed by atoms with Gasteiger partial charge in [0.15, 0.2) is 5.82 Å². The van der Waals surface area contributed by atoms with Gasteiger partial charge in [-0.3, -0.25) is 0 Å². The van der Waals surface area contributed by atoms with E-state index in [0.717, 1.165) is 40.8 Å². The molecule has 0 unspecified atom stereocenters. The van der Waals surface area contributed by atoms with Crippen LogP contribution in [-0.4, -0.2) is 48.1 Å². The Kier molecular flexibility index (Phi) is 6.71. The summed E-state index contributed by atoms with van der Waals surface area (Å²) in [6.45, 7) is 6.27. The van der Waals surface area contributed by atoms with Crippen molar-refractivity contribution in [2.24, 2.45) is 10.2 Å². The zero-order valence-electron chi connectivity index (χ0n) is 17.8. The van der Waals surface area contributed by atoms with Crippen molar-refractivity contribution >= 4 is 28.0 Å². The third-order valence-electron chi connectivity index (χ3n) is 4.71. The van der Waals surface area contributed by atoms with Crippen molar-refractivity contribution in [3.8, 4) is 11.4 Å². The van der Waals surface area contributed by atoms with Crippen LogP contribution in [0.25, 0.3) is 11.4 Å². The molecular weight excluding hydrogens is 380 g/mol. The Balaban J connectivity index is 1.75. The molecule has 0 saturated heterocycles. The van der Waals surface area contributed by atoms with Gasteiger partial charge >= 0.3 is 0 Å². The van der Waals surface area contributed by atoms with Crippen LogP contribution in [0.2, 0.25) is 0 Å². The third kappa shape index (κ3) is 5.68. The molecule has 0 fully saturated rings. The maximum absolute atomic E-state index is 4.48. The SMILES string of the molecule is CCc1c(NCC[N+](C)(C)C)ccc(N=Nc2nc(-c3ccccc3)ns2)c1C. The van der Waals surface area contributed by atoms with Crippen LogP contribution < -0.4 is 5.32 Å². The molecule has 1 N–H and O–H groups in total. The number of hydrogen-bond acceptors (Lipinski definition) is 6. The monoisotopic (exact) mass is 409 g/mol. The standard InChI is InChI=1S/C22H29N6S/c1-6-18-16(2)19(12-13-20(18)23-14-15-28(3,4)5)25-26-22-24-21(27-29-22)17-10-8-7-9-11-17/h7-13,23H,6,14-15H2,1-5H3/q+1. The fraction of sp³-hybridized carbons (Fsp3) is 0.364. The van der Waals surface area contributed by atoms with Gasteiger partial charge in [0.1, 0.15) is 0 Å². The average Bonchev–Trinajstić information content (AvgIpc) is 3.16. The van der Waals surface area contributed by atoms with Gasteiger partial charge in [-0.15, -0.1) is 10.2 Å². The first-order valence-corrected chi connectivity index (χ1v) is 10.6. The molecule has 7 heteroatoms. The van der Waals surface area contributed by atoms with Crippen molar-refractivity contribution in [3.63, 3.8) is 0 Å². The number of anilines is 1. The van der Waals surface area contributed by atoms with Crippen LogP contribution >= 0.6 is 11.5 Å². The smallest absolute Gasteiger partial charge is 0.249 e. The summed E-state index contributed by atoms with van der Waals surface area (Å²) >= 11 is 1.26. The highest BCUT2D eigenvalue weighted by atomic mass is 32.1. The number of nitrogens with one attached hydrogen (secondary N) is 1. The zero-order chi connectivity index (χ0) is 20.9. The molecule has 1 aromatic heterocycles. The van der Waals surface area contributed by atoms with E-state index < -0.39 is 0 Å². The van der Waals surface area contributed by atoms with E-state index in [9.17, 15) is 0 Å². The van der Waals surface area contributed by atoms with Crippen LogP contribution in [0.3, 0.4) is 0 Å². The average molecular weight is 410 g/mol. The molecule has 0 aliphatic heterocycles. The number of azo groups is 1. The predicted octanol–water partition coefficient (Wildman–Crippen LogP) is 5.61. The molecule has 0 saturated carbocycles. The molecule has 1 heterocycles. The van der Waals surface area contributed by atoms with E-state index in [-0.39, 0.29) is 0 Å². The Morgan fingerprint density at radius 2 is 1.79 bits per heavy atom. The Hall–Kier alpha value is -2.64. The molecule has 152 valence electrons. The maximum atomic E-state index is 4.48. The van der Waals surface area contributed by atoms with E-state index in [4.69, 9.17) is 0 Å². The molecule has 0 aliphatic rings. The first-order valence-electron chi connectivity index (χ1n) is 9.85. The van der Waals surface area contributed by atoms with E-state index in [0.29, 0.717) is 11.0 Å². The van der Waals surface area contributed by atoms with Crippen molar-refractivity contribution in [2.45, 2.75) is 20.3 Å². The second kappa shape index (κ2) is 9.24. The second-order valence-electron chi connectivity index (χ2n) is 8.00. The lowest BCUT2D eigenvalue weighted by Crippen LogP contribution is -2.38. The van der Waals surface area contributed by atoms with E-state index in [1.54, 1.807) is 0 Å². The number of rotatable bonds is 8. The summed E-state index contributed by atoms with van der Waals surface area (Å²) in [5.41, 5.74) is 5.47. The summed E-state index contributed by atoms with van der Waals surface area (Å²) in [6.07, 6.45) is 0.943. The van der Waals surface area contributed by atoms with Gasteiger partial charge in [-0.05, 0) is 36.6 Å². The number of benzene rings is 2. The van der Waals surface area contributed by atoms with Crippen LogP contribution in [0.15, 0.2) is 52.7 Å². The van der Waals surface area contributed by atoms with Gasteiger partial charge in [0.05, 0.1) is 39.9 Å². The fourth-order valence-corrected chi connectivity index (χ4v) is 3.58. The minimum atomic E-state index is 0.562. The molecule has 29 heavy (non-hydrogen) atoms. The summed E-state index contributed by atoms with van der Waals surface area (Å²) < 4.78 is 5.32. The van der Waals surface area contributed by atoms with Crippen molar-refractivity contribution in [1.82, 2.24) is 9.36 Å². The van der Waals surface area contributed by atoms with Gasteiger partial charge in [0.2, 0.25) is 5.13 Å². The van der Waals surface area contributed by atoms with Crippen LogP contribution in [0.5, 0.6) is 0 Å². The van der Waals surface area contributed by atoms with E-state index >= 15 is 0 Å². The van der Waals surface area contributed by atoms with E-state index in [1.807, 2.05) is 36.4 Å². The van der Waals surface area contributed by atoms with Crippen molar-refractivity contribution in [1.29, 1.82) is 0 Å². The first kappa shape index (κ1) is 21.1. The number of aromatic nitrogens is 2. The normalized spacial score (nSPS) is 11.9. The van der Waals surface area contributed by atoms with Crippen molar-refractivity contribution < 1.29 is 4.48 Å². The molecular formula is C22H29N6S+. The molecule has 0 aliphatic carbocycles. The molecule has 3 rings (SSSR count). The highest BCUT2D eigenvalue weighted by molar-refractivity contribution is 7.09. The summed E-state index contributed by atoms with van der Waals surface area (Å²) in [4.78, 5) is 4.48. The largest absolute Gasteiger partial charge is 0.379 e. The van der Waals surface area contributed by atoms with Crippen molar-refractivity contribution in [3.05, 3.63) is 53.6 Å². The summed E-state index contributed by atoms with van der Waals surface area (Å²) in [5, 5.41) is 12.9. The van der Waals surface area contributed by atoms with Crippen LogP contribution in [0.4, 0.5) is 16.5 Å². The number of hydrogen-bond donors (Lipinski definition) is 1. The lowest BCUT2D eigenvalue weighted by molar-refractivity contribution is -0.868. The Labute approximate surface area is 177 Å². The summed E-state index contributed by atoms with van der Waals surface area (Å²) in [6, 6.07) is 14.0. The van der Waals surface area contributed by atoms with Crippen LogP contribution in [0, 0.1) is 6.92 Å². The van der Waals surface area contributed by atoms with Gasteiger partial charge in [-0.1, -0.05) is 37.3 Å². The zero-order valence-corrected chi connectivity index (χ0v) is 18.6. The van der Waals surface area contributed by atoms with Gasteiger partial charge < -0.3 is 9.80 Å². The summed E-state index contributed by atoms with van der Waals surface area (Å²) in [5.74, 6) is 0.687. The van der Waals surface area contributed by atoms with Gasteiger partial charge in [0, 0.05) is 22.8 Å². The fourth-order valence-electron chi connectivity index (χ4n) is 3.06. The Bertz CT molecular complexity index is 973. The first-order chi connectivity index (χ1) is 13.9. The number of nitrogens with zero attached hydrogens (tertiary/aromatic N) is 5. The Morgan fingerprint density at radius 3 is 2.48 bits per heavy atom. The molecule has 0 spiro atoms. The quantitative estimate of drug-likeness (QED) is 0.388. The summed E-state index contributed by atoms with van der Waals surface area (Å²) in [7, 11) is 6.61. The van der Waals surface area contributed by atoms with Gasteiger partial charge in [0.25, 0.3) is 0 Å². The molecule has 0 amide bonds. The molecule has 2 aromatic carbocycles. The minimum absolute atomic E-state index is 0.562. The third-order valence-corrected chi connectivity index (χ3v) is 5.31. The lowest BCUT2D eigenvalue weighted by Gasteiger charge is -2.24. The Morgan fingerprint density at radius 1 is 1.03 bits per heavy atom. The second-order valence-corrected chi connectivity index (χ2v) is 8.73. The van der Waals surface area contributed by atoms with Crippen LogP contribution in [0.1, 0.15) is 18.1 Å². The van der Waals surface area contributed by atoms with Crippen LogP contribution in [-0.2, 0) is 6.42 Å². The van der Waals surface area contributed by atoms with E-state index in [1.165, 1.54) is 22.8 Å². The lowest BCUT2D eigenvalue weighted by atomic mass is 10.0. The highest BCUT2D eigenvalue weighted by Gasteiger charge is 2.11. The molecule has 0 atom stereocenters. The highest BCUT2D eigenvalue weighted by Crippen LogP contribution is 2.31. The number of likely N-dealkylation sites (N-methyl/N-ethyl adjacent to an activating group) is 1. The minimum Gasteiger partial charge on any atom is -0.379 e. The topological polar surface area (TPSA) is 62.5 Å². The van der Waals surface area contributed by atoms with E-state index in [2.05, 4.69) is 66.0 Å². The molecule has 0 radical (unpaired) electrons. The van der Waals surface area contributed by atoms with Crippen molar-refractivity contribution in [2.75, 3.05) is 39.5 Å². The maximum Gasteiger partial charge on any atom is 0.249 e. The molecule has 6 nitrogen and oxygen atoms in total. The number of quaternary nitrogens is 1. The van der Waals surface area contributed by atoms with Gasteiger partial charge in [-0.2, -0.15) is 9.36 Å².